The molecule has 10 atom stereocenters. The predicted octanol–water partition coefficient (Wildman–Crippen LogP) is 3.19. The van der Waals surface area contributed by atoms with Crippen molar-refractivity contribution in [2.24, 2.45) is 23.7 Å². The first kappa shape index (κ1) is 54.5. The first-order valence-electron chi connectivity index (χ1n) is 22.4. The number of likely N-dealkylation sites (N-methyl/N-ethyl adjacent to an activating group) is 2. The van der Waals surface area contributed by atoms with Crippen LogP contribution in [0.25, 0.3) is 0 Å². The lowest BCUT2D eigenvalue weighted by Gasteiger charge is -2.41. The number of nitrogens with one attached hydrogen (secondary N) is 3. The Labute approximate surface area is 374 Å². The Hall–Kier alpha value is -4.61. The van der Waals surface area contributed by atoms with Crippen molar-refractivity contribution in [2.75, 3.05) is 41.4 Å². The molecule has 356 valence electrons. The molecule has 1 fully saturated rings. The molecule has 2 rings (SSSR count). The van der Waals surface area contributed by atoms with Gasteiger partial charge in [-0.05, 0) is 56.2 Å². The number of ether oxygens (including phenoxy) is 2. The summed E-state index contributed by atoms with van der Waals surface area (Å²) in [5.74, 6) is -5.92. The van der Waals surface area contributed by atoms with E-state index in [9.17, 15) is 38.7 Å². The standard InChI is InChI=1S/C46H76N6O11/c1-13-29(7)40(51(10)45(59)38(27(3)4)49-44(58)39(28(5)6)50(9)14-2)35(62-11)26-36(53)52-24-18-21-34(52)41(63-12)30(8)42(56)48-33(25-31-19-16-15-17-20-31)43(57)47-32(46(60)61)22-23-37(54)55/h15-17,19-20,27-30,32-35,38-41H,13-14,18,21-26H2,1-12H3,(H,47,57)(H,48,56)(H,49,58)(H,54,55)(H,60,61)/t29-,30?,32?,33?,34-,35?,38-,39-,40-,41?/m0/s1. The summed E-state index contributed by atoms with van der Waals surface area (Å²) in [6.45, 7) is 16.4. The van der Waals surface area contributed by atoms with Crippen LogP contribution in [0.15, 0.2) is 30.3 Å². The second-order valence-corrected chi connectivity index (χ2v) is 17.7. The van der Waals surface area contributed by atoms with Crippen molar-refractivity contribution in [3.8, 4) is 0 Å². The normalized spacial score (nSPS) is 18.4. The van der Waals surface area contributed by atoms with Gasteiger partial charge in [-0.3, -0.25) is 33.7 Å². The maximum Gasteiger partial charge on any atom is 0.326 e. The molecule has 5 amide bonds. The minimum absolute atomic E-state index is 0.0107. The van der Waals surface area contributed by atoms with Crippen LogP contribution < -0.4 is 16.0 Å². The molecule has 1 aromatic rings. The van der Waals surface area contributed by atoms with E-state index in [1.165, 1.54) is 14.2 Å². The van der Waals surface area contributed by atoms with Crippen molar-refractivity contribution in [2.45, 2.75) is 149 Å². The molecule has 0 radical (unpaired) electrons. The average molecular weight is 889 g/mol. The van der Waals surface area contributed by atoms with Crippen LogP contribution in [0.5, 0.6) is 0 Å². The molecule has 5 N–H and O–H groups in total. The van der Waals surface area contributed by atoms with E-state index in [1.807, 2.05) is 60.4 Å². The molecular weight excluding hydrogens is 813 g/mol. The summed E-state index contributed by atoms with van der Waals surface area (Å²) in [6, 6.07) is 3.84. The van der Waals surface area contributed by atoms with Crippen LogP contribution in [-0.4, -0.2) is 156 Å². The van der Waals surface area contributed by atoms with Crippen molar-refractivity contribution in [3.05, 3.63) is 35.9 Å². The van der Waals surface area contributed by atoms with E-state index in [4.69, 9.17) is 14.6 Å². The number of benzene rings is 1. The molecule has 0 saturated carbocycles. The molecule has 1 heterocycles. The highest BCUT2D eigenvalue weighted by Gasteiger charge is 2.44. The van der Waals surface area contributed by atoms with Crippen LogP contribution in [0.2, 0.25) is 0 Å². The third kappa shape index (κ3) is 15.6. The molecule has 63 heavy (non-hydrogen) atoms. The highest BCUT2D eigenvalue weighted by molar-refractivity contribution is 5.92. The SMILES string of the molecule is CC[C@H](C)[C@@H](C(CC(=O)N1CCC[C@H]1C(OC)C(C)C(=O)NC(Cc1ccccc1)C(=O)NC(CCC(=O)O)C(=O)O)OC)N(C)C(=O)[C@@H](NC(=O)[C@H](C(C)C)N(C)CC)C(C)C. The van der Waals surface area contributed by atoms with Crippen LogP contribution in [0.3, 0.4) is 0 Å². The smallest absolute Gasteiger partial charge is 0.326 e. The van der Waals surface area contributed by atoms with E-state index >= 15 is 0 Å². The number of carbonyl (C=O) groups excluding carboxylic acids is 5. The topological polar surface area (TPSA) is 224 Å². The zero-order valence-electron chi connectivity index (χ0n) is 39.6. The summed E-state index contributed by atoms with van der Waals surface area (Å²) in [6.07, 6.45) is -0.547. The molecule has 0 aromatic heterocycles. The highest BCUT2D eigenvalue weighted by Crippen LogP contribution is 2.30. The second-order valence-electron chi connectivity index (χ2n) is 17.7. The van der Waals surface area contributed by atoms with Gasteiger partial charge in [0.1, 0.15) is 18.1 Å². The van der Waals surface area contributed by atoms with Gasteiger partial charge in [-0.1, -0.05) is 92.1 Å². The molecule has 17 nitrogen and oxygen atoms in total. The lowest BCUT2D eigenvalue weighted by molar-refractivity contribution is -0.148. The molecule has 1 aromatic carbocycles. The fraction of sp³-hybridized carbons (Fsp3) is 0.717. The van der Waals surface area contributed by atoms with Gasteiger partial charge >= 0.3 is 11.9 Å². The quantitative estimate of drug-likeness (QED) is 0.0860. The predicted molar refractivity (Wildman–Crippen MR) is 238 cm³/mol. The summed E-state index contributed by atoms with van der Waals surface area (Å²) in [5, 5.41) is 27.0. The summed E-state index contributed by atoms with van der Waals surface area (Å²) in [4.78, 5) is 98.3. The van der Waals surface area contributed by atoms with Crippen molar-refractivity contribution in [1.82, 2.24) is 30.7 Å². The fourth-order valence-corrected chi connectivity index (χ4v) is 8.65. The van der Waals surface area contributed by atoms with Crippen molar-refractivity contribution >= 4 is 41.5 Å². The van der Waals surface area contributed by atoms with E-state index < -0.39 is 84.6 Å². The maximum absolute atomic E-state index is 14.4. The number of nitrogens with zero attached hydrogens (tertiary/aromatic N) is 3. The number of likely N-dealkylation sites (tertiary alicyclic amines) is 1. The number of carbonyl (C=O) groups is 7. The van der Waals surface area contributed by atoms with Crippen LogP contribution in [0, 0.1) is 23.7 Å². The molecule has 0 aliphatic carbocycles. The van der Waals surface area contributed by atoms with Crippen LogP contribution in [0.1, 0.15) is 99.5 Å². The van der Waals surface area contributed by atoms with E-state index in [0.717, 1.165) is 0 Å². The van der Waals surface area contributed by atoms with Gasteiger partial charge in [0.2, 0.25) is 29.5 Å². The molecular formula is C46H76N6O11. The largest absolute Gasteiger partial charge is 0.481 e. The van der Waals surface area contributed by atoms with Gasteiger partial charge in [-0.2, -0.15) is 0 Å². The Morgan fingerprint density at radius 3 is 1.95 bits per heavy atom. The van der Waals surface area contributed by atoms with Crippen molar-refractivity contribution in [3.63, 3.8) is 0 Å². The minimum atomic E-state index is -1.49. The number of carboxylic acids is 2. The van der Waals surface area contributed by atoms with Crippen molar-refractivity contribution in [1.29, 1.82) is 0 Å². The number of hydrogen-bond donors (Lipinski definition) is 5. The number of hydrogen-bond acceptors (Lipinski definition) is 10. The number of aliphatic carboxylic acids is 2. The summed E-state index contributed by atoms with van der Waals surface area (Å²) in [7, 11) is 6.54. The molecule has 0 spiro atoms. The Kier molecular flexibility index (Phi) is 22.7. The van der Waals surface area contributed by atoms with E-state index in [1.54, 1.807) is 54.1 Å². The molecule has 5 unspecified atom stereocenters. The first-order valence-corrected chi connectivity index (χ1v) is 22.4. The van der Waals surface area contributed by atoms with E-state index in [0.29, 0.717) is 37.9 Å². The molecule has 17 heteroatoms. The summed E-state index contributed by atoms with van der Waals surface area (Å²) >= 11 is 0. The van der Waals surface area contributed by atoms with E-state index in [-0.39, 0.29) is 54.7 Å². The summed E-state index contributed by atoms with van der Waals surface area (Å²) < 4.78 is 12.0. The van der Waals surface area contributed by atoms with Crippen molar-refractivity contribution < 1.29 is 53.2 Å². The molecule has 1 saturated heterocycles. The van der Waals surface area contributed by atoms with Gasteiger partial charge in [-0.25, -0.2) is 4.79 Å². The Morgan fingerprint density at radius 1 is 0.825 bits per heavy atom. The number of methoxy groups -OCH3 is 2. The average Bonchev–Trinajstić information content (AvgIpc) is 3.73. The zero-order valence-corrected chi connectivity index (χ0v) is 39.6. The Balaban J connectivity index is 2.35. The Morgan fingerprint density at radius 2 is 1.44 bits per heavy atom. The highest BCUT2D eigenvalue weighted by atomic mass is 16.5. The van der Waals surface area contributed by atoms with Gasteiger partial charge < -0.3 is 45.4 Å². The lowest BCUT2D eigenvalue weighted by atomic mass is 9.89. The van der Waals surface area contributed by atoms with Crippen LogP contribution in [-0.2, 0) is 49.5 Å². The number of carboxylic acid groups (broad SMARTS) is 2. The molecule has 1 aliphatic heterocycles. The van der Waals surface area contributed by atoms with Crippen LogP contribution >= 0.6 is 0 Å². The monoisotopic (exact) mass is 889 g/mol. The molecule has 0 bridgehead atoms. The van der Waals surface area contributed by atoms with Gasteiger partial charge in [0.05, 0.1) is 42.7 Å². The zero-order chi connectivity index (χ0) is 47.7. The third-order valence-electron chi connectivity index (χ3n) is 12.5. The van der Waals surface area contributed by atoms with Gasteiger partial charge in [0.25, 0.3) is 0 Å². The summed E-state index contributed by atoms with van der Waals surface area (Å²) in [5.41, 5.74) is 0.693. The van der Waals surface area contributed by atoms with Gasteiger partial charge in [-0.15, -0.1) is 0 Å². The lowest BCUT2D eigenvalue weighted by Crippen LogP contribution is -2.60. The van der Waals surface area contributed by atoms with E-state index in [2.05, 4.69) is 16.0 Å². The van der Waals surface area contributed by atoms with Gasteiger partial charge in [0.15, 0.2) is 0 Å². The molecule has 1 aliphatic rings. The second kappa shape index (κ2) is 26.2. The Bertz CT molecular complexity index is 1660. The minimum Gasteiger partial charge on any atom is -0.481 e. The number of rotatable bonds is 27. The van der Waals surface area contributed by atoms with Gasteiger partial charge in [0, 0.05) is 40.7 Å². The first-order chi connectivity index (χ1) is 29.6. The van der Waals surface area contributed by atoms with Crippen LogP contribution in [0.4, 0.5) is 0 Å². The fourth-order valence-electron chi connectivity index (χ4n) is 8.65. The number of amides is 5. The third-order valence-corrected chi connectivity index (χ3v) is 12.5. The maximum atomic E-state index is 14.4.